The summed E-state index contributed by atoms with van der Waals surface area (Å²) < 4.78 is 0. The van der Waals surface area contributed by atoms with Gasteiger partial charge in [-0.1, -0.05) is 46.1 Å². The molecule has 0 aliphatic rings. The van der Waals surface area contributed by atoms with Crippen molar-refractivity contribution in [2.45, 2.75) is 58.3 Å². The molecule has 14 heavy (non-hydrogen) atoms. The average molecular weight is 210 g/mol. The first-order valence-corrected chi connectivity index (χ1v) is 6.65. The molecule has 1 aromatic rings. The van der Waals surface area contributed by atoms with E-state index in [0.29, 0.717) is 5.41 Å². The Hall–Kier alpha value is -0.300. The third-order valence-electron chi connectivity index (χ3n) is 3.00. The van der Waals surface area contributed by atoms with Crippen LogP contribution in [0, 0.1) is 0 Å². The van der Waals surface area contributed by atoms with E-state index in [0.717, 1.165) is 0 Å². The minimum atomic E-state index is 0.443. The highest BCUT2D eigenvalue weighted by atomic mass is 32.1. The number of unbranched alkanes of at least 4 members (excludes halogenated alkanes) is 1. The predicted molar refractivity (Wildman–Crippen MR) is 66.1 cm³/mol. The maximum Gasteiger partial charge on any atom is 0.0104 e. The second-order valence-electron chi connectivity index (χ2n) is 4.39. The topological polar surface area (TPSA) is 0 Å². The van der Waals surface area contributed by atoms with Crippen LogP contribution >= 0.6 is 11.3 Å². The van der Waals surface area contributed by atoms with Crippen LogP contribution in [0.1, 0.15) is 57.8 Å². The minimum absolute atomic E-state index is 0.443. The van der Waals surface area contributed by atoms with Crippen molar-refractivity contribution in [3.63, 3.8) is 0 Å². The van der Waals surface area contributed by atoms with Gasteiger partial charge >= 0.3 is 0 Å². The first kappa shape index (κ1) is 11.8. The molecule has 1 heteroatoms. The third-order valence-corrected chi connectivity index (χ3v) is 4.18. The van der Waals surface area contributed by atoms with Crippen molar-refractivity contribution in [3.05, 3.63) is 22.4 Å². The van der Waals surface area contributed by atoms with Crippen LogP contribution in [0.25, 0.3) is 0 Å². The molecule has 0 radical (unpaired) electrons. The van der Waals surface area contributed by atoms with Crippen LogP contribution in [-0.2, 0) is 5.41 Å². The number of hydrogen-bond acceptors (Lipinski definition) is 1. The van der Waals surface area contributed by atoms with E-state index in [9.17, 15) is 0 Å². The SMILES string of the molecule is CCCCC(C)(CCC)c1cccs1. The molecule has 1 atom stereocenters. The summed E-state index contributed by atoms with van der Waals surface area (Å²) in [7, 11) is 0. The highest BCUT2D eigenvalue weighted by Gasteiger charge is 2.25. The first-order chi connectivity index (χ1) is 6.73. The van der Waals surface area contributed by atoms with Crippen molar-refractivity contribution in [3.8, 4) is 0 Å². The van der Waals surface area contributed by atoms with Gasteiger partial charge in [-0.2, -0.15) is 0 Å². The smallest absolute Gasteiger partial charge is 0.0104 e. The van der Waals surface area contributed by atoms with Crippen molar-refractivity contribution in [1.82, 2.24) is 0 Å². The summed E-state index contributed by atoms with van der Waals surface area (Å²) >= 11 is 1.92. The van der Waals surface area contributed by atoms with Crippen LogP contribution in [-0.4, -0.2) is 0 Å². The van der Waals surface area contributed by atoms with E-state index in [1.165, 1.54) is 32.1 Å². The summed E-state index contributed by atoms with van der Waals surface area (Å²) in [4.78, 5) is 1.58. The largest absolute Gasteiger partial charge is 0.148 e. The predicted octanol–water partition coefficient (Wildman–Crippen LogP) is 5.00. The molecule has 0 saturated carbocycles. The van der Waals surface area contributed by atoms with Gasteiger partial charge in [0.25, 0.3) is 0 Å². The van der Waals surface area contributed by atoms with Crippen LogP contribution in [0.15, 0.2) is 17.5 Å². The standard InChI is InChI=1S/C13H22S/c1-4-6-10-13(3,9-5-2)12-8-7-11-14-12/h7-8,11H,4-6,9-10H2,1-3H3. The second kappa shape index (κ2) is 5.55. The molecule has 0 aliphatic carbocycles. The molecule has 1 rings (SSSR count). The van der Waals surface area contributed by atoms with Crippen LogP contribution in [0.4, 0.5) is 0 Å². The lowest BCUT2D eigenvalue weighted by Crippen LogP contribution is -2.20. The molecule has 0 amide bonds. The summed E-state index contributed by atoms with van der Waals surface area (Å²) in [6.07, 6.45) is 6.63. The van der Waals surface area contributed by atoms with Crippen LogP contribution < -0.4 is 0 Å². The molecule has 80 valence electrons. The highest BCUT2D eigenvalue weighted by Crippen LogP contribution is 2.36. The Morgan fingerprint density at radius 2 is 2.00 bits per heavy atom. The Bertz CT molecular complexity index is 238. The van der Waals surface area contributed by atoms with Crippen molar-refractivity contribution in [1.29, 1.82) is 0 Å². The van der Waals surface area contributed by atoms with Gasteiger partial charge in [-0.25, -0.2) is 0 Å². The van der Waals surface area contributed by atoms with Crippen molar-refractivity contribution >= 4 is 11.3 Å². The summed E-state index contributed by atoms with van der Waals surface area (Å²) in [5, 5.41) is 2.20. The average Bonchev–Trinajstić information content (AvgIpc) is 2.68. The van der Waals surface area contributed by atoms with E-state index in [-0.39, 0.29) is 0 Å². The lowest BCUT2D eigenvalue weighted by molar-refractivity contribution is 0.390. The van der Waals surface area contributed by atoms with Crippen molar-refractivity contribution in [2.24, 2.45) is 0 Å². The van der Waals surface area contributed by atoms with Gasteiger partial charge < -0.3 is 0 Å². The molecule has 0 fully saturated rings. The monoisotopic (exact) mass is 210 g/mol. The van der Waals surface area contributed by atoms with Crippen molar-refractivity contribution in [2.75, 3.05) is 0 Å². The van der Waals surface area contributed by atoms with E-state index in [1.54, 1.807) is 4.88 Å². The van der Waals surface area contributed by atoms with Gasteiger partial charge in [0, 0.05) is 10.3 Å². The molecule has 0 aliphatic heterocycles. The number of rotatable bonds is 6. The first-order valence-electron chi connectivity index (χ1n) is 5.77. The fourth-order valence-corrected chi connectivity index (χ4v) is 3.06. The second-order valence-corrected chi connectivity index (χ2v) is 5.34. The fraction of sp³-hybridized carbons (Fsp3) is 0.692. The van der Waals surface area contributed by atoms with Gasteiger partial charge in [0.1, 0.15) is 0 Å². The maximum atomic E-state index is 2.43. The van der Waals surface area contributed by atoms with E-state index in [4.69, 9.17) is 0 Å². The Balaban J connectivity index is 2.70. The summed E-state index contributed by atoms with van der Waals surface area (Å²) in [6.45, 7) is 7.00. The molecule has 1 aromatic heterocycles. The van der Waals surface area contributed by atoms with E-state index in [2.05, 4.69) is 38.3 Å². The van der Waals surface area contributed by atoms with Gasteiger partial charge in [-0.15, -0.1) is 11.3 Å². The Morgan fingerprint density at radius 1 is 1.21 bits per heavy atom. The molecular formula is C13H22S. The molecule has 0 N–H and O–H groups in total. The minimum Gasteiger partial charge on any atom is -0.148 e. The molecule has 0 nitrogen and oxygen atoms in total. The zero-order valence-electron chi connectivity index (χ0n) is 9.68. The zero-order chi connectivity index (χ0) is 10.4. The van der Waals surface area contributed by atoms with Gasteiger partial charge in [-0.3, -0.25) is 0 Å². The number of hydrogen-bond donors (Lipinski definition) is 0. The molecule has 1 heterocycles. The zero-order valence-corrected chi connectivity index (χ0v) is 10.5. The summed E-state index contributed by atoms with van der Waals surface area (Å²) in [5.41, 5.74) is 0.443. The Labute approximate surface area is 92.4 Å². The fourth-order valence-electron chi connectivity index (χ4n) is 2.11. The Morgan fingerprint density at radius 3 is 2.50 bits per heavy atom. The molecule has 0 saturated heterocycles. The molecular weight excluding hydrogens is 188 g/mol. The van der Waals surface area contributed by atoms with Crippen LogP contribution in [0.5, 0.6) is 0 Å². The lowest BCUT2D eigenvalue weighted by atomic mass is 9.79. The maximum absolute atomic E-state index is 2.43. The van der Waals surface area contributed by atoms with Crippen LogP contribution in [0.3, 0.4) is 0 Å². The lowest BCUT2D eigenvalue weighted by Gasteiger charge is -2.28. The molecule has 0 bridgehead atoms. The van der Waals surface area contributed by atoms with Gasteiger partial charge in [0.05, 0.1) is 0 Å². The third kappa shape index (κ3) is 2.84. The summed E-state index contributed by atoms with van der Waals surface area (Å²) in [5.74, 6) is 0. The van der Waals surface area contributed by atoms with Gasteiger partial charge in [-0.05, 0) is 24.3 Å². The normalized spacial score (nSPS) is 15.4. The summed E-state index contributed by atoms with van der Waals surface area (Å²) in [6, 6.07) is 4.48. The number of thiophene rings is 1. The Kier molecular flexibility index (Phi) is 4.67. The molecule has 0 spiro atoms. The van der Waals surface area contributed by atoms with Crippen molar-refractivity contribution < 1.29 is 0 Å². The van der Waals surface area contributed by atoms with E-state index in [1.807, 2.05) is 11.3 Å². The van der Waals surface area contributed by atoms with Gasteiger partial charge in [0.15, 0.2) is 0 Å². The molecule has 0 aromatic carbocycles. The van der Waals surface area contributed by atoms with E-state index < -0.39 is 0 Å². The highest BCUT2D eigenvalue weighted by molar-refractivity contribution is 7.10. The molecule has 1 unspecified atom stereocenters. The van der Waals surface area contributed by atoms with Crippen LogP contribution in [0.2, 0.25) is 0 Å². The van der Waals surface area contributed by atoms with E-state index >= 15 is 0 Å². The van der Waals surface area contributed by atoms with Gasteiger partial charge in [0.2, 0.25) is 0 Å². The quantitative estimate of drug-likeness (QED) is 0.620.